The van der Waals surface area contributed by atoms with Gasteiger partial charge in [0.2, 0.25) is 0 Å². The van der Waals surface area contributed by atoms with Gasteiger partial charge in [-0.2, -0.15) is 5.10 Å². The van der Waals surface area contributed by atoms with E-state index in [4.69, 9.17) is 4.74 Å². The minimum atomic E-state index is -0.146. The Balaban J connectivity index is 2.14. The molecule has 0 N–H and O–H groups in total. The van der Waals surface area contributed by atoms with E-state index in [1.165, 1.54) is 32.8 Å². The maximum Gasteiger partial charge on any atom is 0.307 e. The van der Waals surface area contributed by atoms with E-state index in [1.54, 1.807) is 0 Å². The monoisotopic (exact) mass is 348 g/mol. The smallest absolute Gasteiger partial charge is 0.307 e. The molecule has 0 aliphatic heterocycles. The summed E-state index contributed by atoms with van der Waals surface area (Å²) in [5.74, 6) is 0.414. The zero-order valence-corrected chi connectivity index (χ0v) is 12.1. The van der Waals surface area contributed by atoms with Gasteiger partial charge in [0.25, 0.3) is 0 Å². The summed E-state index contributed by atoms with van der Waals surface area (Å²) in [7, 11) is 1.45. The van der Waals surface area contributed by atoms with Crippen LogP contribution in [-0.4, -0.2) is 22.9 Å². The number of methoxy groups -OCH3 is 1. The third-order valence-electron chi connectivity index (χ3n) is 3.46. The first-order valence-corrected chi connectivity index (χ1v) is 7.05. The third kappa shape index (κ3) is 3.20. The fraction of sp³-hybridized carbons (Fsp3) is 0.667. The van der Waals surface area contributed by atoms with E-state index in [0.29, 0.717) is 12.3 Å². The van der Waals surface area contributed by atoms with Gasteiger partial charge < -0.3 is 4.74 Å². The van der Waals surface area contributed by atoms with E-state index in [1.807, 2.05) is 17.1 Å². The molecule has 2 rings (SSSR count). The molecular formula is C12H17IN2O2. The summed E-state index contributed by atoms with van der Waals surface area (Å²) in [5.41, 5.74) is 0. The minimum absolute atomic E-state index is 0.146. The summed E-state index contributed by atoms with van der Waals surface area (Å²) in [6.45, 7) is 0. The average Bonchev–Trinajstić information content (AvgIpc) is 2.96. The van der Waals surface area contributed by atoms with Crippen molar-refractivity contribution in [3.05, 3.63) is 16.0 Å². The van der Waals surface area contributed by atoms with Gasteiger partial charge in [0.05, 0.1) is 29.3 Å². The number of aromatic nitrogens is 2. The summed E-state index contributed by atoms with van der Waals surface area (Å²) < 4.78 is 7.83. The summed E-state index contributed by atoms with van der Waals surface area (Å²) >= 11 is 2.24. The topological polar surface area (TPSA) is 44.1 Å². The Morgan fingerprint density at radius 2 is 2.35 bits per heavy atom. The summed E-state index contributed by atoms with van der Waals surface area (Å²) in [6, 6.07) is 0.161. The van der Waals surface area contributed by atoms with Gasteiger partial charge in [0.15, 0.2) is 0 Å². The van der Waals surface area contributed by atoms with Gasteiger partial charge in [-0.25, -0.2) is 0 Å². The Kier molecular flexibility index (Phi) is 4.42. The largest absolute Gasteiger partial charge is 0.469 e. The number of hydrogen-bond donors (Lipinski definition) is 0. The highest BCUT2D eigenvalue weighted by atomic mass is 127. The second kappa shape index (κ2) is 5.84. The summed E-state index contributed by atoms with van der Waals surface area (Å²) in [5, 5.41) is 4.35. The fourth-order valence-corrected chi connectivity index (χ4v) is 2.98. The zero-order valence-electron chi connectivity index (χ0n) is 9.93. The molecular weight excluding hydrogens is 331 g/mol. The van der Waals surface area contributed by atoms with E-state index in [2.05, 4.69) is 27.7 Å². The lowest BCUT2D eigenvalue weighted by Gasteiger charge is -2.22. The van der Waals surface area contributed by atoms with Gasteiger partial charge in [-0.1, -0.05) is 12.8 Å². The van der Waals surface area contributed by atoms with Gasteiger partial charge in [-0.3, -0.25) is 9.48 Å². The second-order valence-electron chi connectivity index (χ2n) is 4.53. The van der Waals surface area contributed by atoms with Crippen molar-refractivity contribution in [2.45, 2.75) is 38.1 Å². The van der Waals surface area contributed by atoms with E-state index >= 15 is 0 Å². The van der Waals surface area contributed by atoms with E-state index in [-0.39, 0.29) is 12.0 Å². The Bertz CT molecular complexity index is 386. The molecule has 0 amide bonds. The molecule has 4 nitrogen and oxygen atoms in total. The van der Waals surface area contributed by atoms with Crippen LogP contribution in [0, 0.1) is 9.49 Å². The number of ether oxygens (including phenoxy) is 1. The molecule has 0 spiro atoms. The number of hydrogen-bond acceptors (Lipinski definition) is 3. The Morgan fingerprint density at radius 1 is 1.65 bits per heavy atom. The number of rotatable bonds is 4. The van der Waals surface area contributed by atoms with Crippen LogP contribution in [0.15, 0.2) is 12.4 Å². The lowest BCUT2D eigenvalue weighted by Crippen LogP contribution is -2.22. The van der Waals surface area contributed by atoms with Gasteiger partial charge in [-0.05, 0) is 41.4 Å². The molecule has 0 saturated heterocycles. The molecule has 1 aliphatic carbocycles. The number of nitrogens with zero attached hydrogens (tertiary/aromatic N) is 2. The van der Waals surface area contributed by atoms with E-state index in [0.717, 1.165) is 3.57 Å². The summed E-state index contributed by atoms with van der Waals surface area (Å²) in [6.07, 6.45) is 9.18. The Labute approximate surface area is 115 Å². The first-order valence-electron chi connectivity index (χ1n) is 5.97. The Morgan fingerprint density at radius 3 is 2.88 bits per heavy atom. The highest BCUT2D eigenvalue weighted by Gasteiger charge is 2.29. The van der Waals surface area contributed by atoms with Crippen LogP contribution in [0.4, 0.5) is 0 Å². The summed E-state index contributed by atoms with van der Waals surface area (Å²) in [4.78, 5) is 11.5. The third-order valence-corrected chi connectivity index (χ3v) is 4.01. The molecule has 1 aromatic rings. The van der Waals surface area contributed by atoms with Crippen LogP contribution in [0.25, 0.3) is 0 Å². The quantitative estimate of drug-likeness (QED) is 0.621. The van der Waals surface area contributed by atoms with Crippen molar-refractivity contribution < 1.29 is 9.53 Å². The fourth-order valence-electron chi connectivity index (χ4n) is 2.57. The predicted octanol–water partition coefficient (Wildman–Crippen LogP) is 2.78. The lowest BCUT2D eigenvalue weighted by atomic mass is 9.95. The van der Waals surface area contributed by atoms with Crippen molar-refractivity contribution in [2.24, 2.45) is 5.92 Å². The standard InChI is InChI=1S/C12H17IN2O2/c1-17-12(16)6-11(9-4-2-3-5-9)15-8-10(13)7-14-15/h7-9,11H,2-6H2,1H3. The first-order chi connectivity index (χ1) is 8.20. The van der Waals surface area contributed by atoms with Crippen LogP contribution >= 0.6 is 22.6 Å². The first kappa shape index (κ1) is 12.9. The van der Waals surface area contributed by atoms with Crippen LogP contribution in [0.1, 0.15) is 38.1 Å². The van der Waals surface area contributed by atoms with Gasteiger partial charge >= 0.3 is 5.97 Å². The molecule has 17 heavy (non-hydrogen) atoms. The average molecular weight is 348 g/mol. The van der Waals surface area contributed by atoms with Crippen molar-refractivity contribution in [2.75, 3.05) is 7.11 Å². The van der Waals surface area contributed by atoms with E-state index < -0.39 is 0 Å². The molecule has 0 aromatic carbocycles. The van der Waals surface area contributed by atoms with Crippen molar-refractivity contribution in [3.8, 4) is 0 Å². The highest BCUT2D eigenvalue weighted by molar-refractivity contribution is 14.1. The molecule has 0 radical (unpaired) electrons. The molecule has 1 fully saturated rings. The zero-order chi connectivity index (χ0) is 12.3. The maximum absolute atomic E-state index is 11.5. The molecule has 1 heterocycles. The van der Waals surface area contributed by atoms with Crippen LogP contribution in [0.3, 0.4) is 0 Å². The van der Waals surface area contributed by atoms with Crippen molar-refractivity contribution in [1.29, 1.82) is 0 Å². The number of carbonyl (C=O) groups is 1. The number of esters is 1. The minimum Gasteiger partial charge on any atom is -0.469 e. The van der Waals surface area contributed by atoms with E-state index in [9.17, 15) is 4.79 Å². The van der Waals surface area contributed by atoms with Crippen molar-refractivity contribution in [3.63, 3.8) is 0 Å². The van der Waals surface area contributed by atoms with Crippen molar-refractivity contribution >= 4 is 28.6 Å². The normalized spacial score (nSPS) is 18.2. The molecule has 1 saturated carbocycles. The molecule has 1 aromatic heterocycles. The highest BCUT2D eigenvalue weighted by Crippen LogP contribution is 2.36. The van der Waals surface area contributed by atoms with Gasteiger partial charge in [0, 0.05) is 6.20 Å². The molecule has 0 bridgehead atoms. The van der Waals surface area contributed by atoms with Crippen LogP contribution < -0.4 is 0 Å². The van der Waals surface area contributed by atoms with Crippen LogP contribution in [-0.2, 0) is 9.53 Å². The lowest BCUT2D eigenvalue weighted by molar-refractivity contribution is -0.142. The SMILES string of the molecule is COC(=O)CC(C1CCCC1)n1cc(I)cn1. The van der Waals surface area contributed by atoms with Crippen LogP contribution in [0.2, 0.25) is 0 Å². The second-order valence-corrected chi connectivity index (χ2v) is 5.78. The van der Waals surface area contributed by atoms with Gasteiger partial charge in [-0.15, -0.1) is 0 Å². The van der Waals surface area contributed by atoms with Crippen molar-refractivity contribution in [1.82, 2.24) is 9.78 Å². The molecule has 94 valence electrons. The predicted molar refractivity (Wildman–Crippen MR) is 72.6 cm³/mol. The molecule has 1 aliphatic rings. The Hall–Kier alpha value is -0.590. The van der Waals surface area contributed by atoms with Crippen LogP contribution in [0.5, 0.6) is 0 Å². The number of carbonyl (C=O) groups excluding carboxylic acids is 1. The maximum atomic E-state index is 11.5. The molecule has 1 atom stereocenters. The van der Waals surface area contributed by atoms with Gasteiger partial charge in [0.1, 0.15) is 0 Å². The molecule has 5 heteroatoms. The molecule has 1 unspecified atom stereocenters. The number of halogens is 1.